The van der Waals surface area contributed by atoms with Gasteiger partial charge in [0.05, 0.1) is 22.5 Å². The molecule has 0 spiro atoms. The van der Waals surface area contributed by atoms with Crippen LogP contribution in [0, 0.1) is 25.2 Å². The van der Waals surface area contributed by atoms with E-state index in [1.165, 1.54) is 24.3 Å². The SMILES string of the molecule is Cc1ccc(S(=O)(=O)O)cc1.Cc1ccc(S(=O)(=O)OCC(N)C#N)cc1. The van der Waals surface area contributed by atoms with E-state index in [2.05, 4.69) is 4.18 Å². The molecular weight excluding hydrogens is 392 g/mol. The second-order valence-corrected chi connectivity index (χ2v) is 8.61. The van der Waals surface area contributed by atoms with E-state index in [-0.39, 0.29) is 16.4 Å². The molecule has 0 bridgehead atoms. The van der Waals surface area contributed by atoms with Crippen molar-refractivity contribution in [3.8, 4) is 6.07 Å². The molecule has 0 aliphatic heterocycles. The van der Waals surface area contributed by atoms with Gasteiger partial charge in [-0.15, -0.1) is 0 Å². The van der Waals surface area contributed by atoms with Crippen molar-refractivity contribution in [2.24, 2.45) is 5.73 Å². The minimum absolute atomic E-state index is 0.0586. The maximum absolute atomic E-state index is 11.6. The first-order chi connectivity index (χ1) is 12.5. The van der Waals surface area contributed by atoms with E-state index in [4.69, 9.17) is 15.5 Å². The Morgan fingerprint density at radius 3 is 1.74 bits per heavy atom. The van der Waals surface area contributed by atoms with Gasteiger partial charge in [0, 0.05) is 0 Å². The Balaban J connectivity index is 0.000000289. The Morgan fingerprint density at radius 1 is 0.963 bits per heavy atom. The van der Waals surface area contributed by atoms with Crippen LogP contribution in [0.3, 0.4) is 0 Å². The number of nitrogens with two attached hydrogens (primary N) is 1. The first-order valence-electron chi connectivity index (χ1n) is 7.61. The fraction of sp³-hybridized carbons (Fsp3) is 0.235. The smallest absolute Gasteiger partial charge is 0.297 e. The Bertz CT molecular complexity index is 993. The lowest BCUT2D eigenvalue weighted by Crippen LogP contribution is -2.25. The maximum atomic E-state index is 11.6. The van der Waals surface area contributed by atoms with E-state index in [0.29, 0.717) is 0 Å². The topological polar surface area (TPSA) is 148 Å². The van der Waals surface area contributed by atoms with Crippen molar-refractivity contribution in [1.82, 2.24) is 0 Å². The number of nitriles is 1. The number of nitrogens with zero attached hydrogens (tertiary/aromatic N) is 1. The van der Waals surface area contributed by atoms with Crippen LogP contribution >= 0.6 is 0 Å². The molecule has 27 heavy (non-hydrogen) atoms. The minimum atomic E-state index is -4.02. The highest BCUT2D eigenvalue weighted by molar-refractivity contribution is 7.86. The number of rotatable bonds is 5. The summed E-state index contributed by atoms with van der Waals surface area (Å²) in [5.41, 5.74) is 7.14. The minimum Gasteiger partial charge on any atom is -0.314 e. The molecule has 0 aliphatic carbocycles. The lowest BCUT2D eigenvalue weighted by molar-refractivity contribution is 0.310. The molecule has 0 aliphatic rings. The number of hydrogen-bond acceptors (Lipinski definition) is 7. The maximum Gasteiger partial charge on any atom is 0.297 e. The summed E-state index contributed by atoms with van der Waals surface area (Å²) >= 11 is 0. The Kier molecular flexibility index (Phi) is 8.08. The Morgan fingerprint density at radius 2 is 1.37 bits per heavy atom. The fourth-order valence-corrected chi connectivity index (χ4v) is 3.09. The quantitative estimate of drug-likeness (QED) is 0.558. The van der Waals surface area contributed by atoms with Crippen LogP contribution in [-0.2, 0) is 24.4 Å². The highest BCUT2D eigenvalue weighted by atomic mass is 32.2. The van der Waals surface area contributed by atoms with Crippen molar-refractivity contribution in [3.05, 3.63) is 59.7 Å². The zero-order valence-electron chi connectivity index (χ0n) is 14.7. The van der Waals surface area contributed by atoms with Crippen LogP contribution in [0.25, 0.3) is 0 Å². The molecule has 146 valence electrons. The summed E-state index contributed by atoms with van der Waals surface area (Å²) in [5, 5.41) is 8.39. The van der Waals surface area contributed by atoms with Gasteiger partial charge in [-0.2, -0.15) is 22.1 Å². The monoisotopic (exact) mass is 412 g/mol. The standard InChI is InChI=1S/C10H12N2O3S.C7H8O3S/c1-8-2-4-10(5-3-8)16(13,14)15-7-9(12)6-11;1-6-2-4-7(5-3-6)11(8,9)10/h2-5,9H,7,12H2,1H3;2-5H,1H3,(H,8,9,10). The number of benzene rings is 2. The van der Waals surface area contributed by atoms with E-state index in [0.717, 1.165) is 11.1 Å². The summed E-state index contributed by atoms with van der Waals surface area (Å²) in [6.07, 6.45) is 0. The fourth-order valence-electron chi connectivity index (χ4n) is 1.68. The van der Waals surface area contributed by atoms with E-state index >= 15 is 0 Å². The van der Waals surface area contributed by atoms with Crippen LogP contribution in [0.2, 0.25) is 0 Å². The van der Waals surface area contributed by atoms with Crippen LogP contribution in [0.4, 0.5) is 0 Å². The zero-order chi connectivity index (χ0) is 20.7. The van der Waals surface area contributed by atoms with Gasteiger partial charge < -0.3 is 5.73 Å². The van der Waals surface area contributed by atoms with E-state index < -0.39 is 26.3 Å². The average molecular weight is 412 g/mol. The zero-order valence-corrected chi connectivity index (χ0v) is 16.4. The molecule has 3 N–H and O–H groups in total. The van der Waals surface area contributed by atoms with E-state index in [1.807, 2.05) is 13.8 Å². The van der Waals surface area contributed by atoms with Crippen LogP contribution in [-0.4, -0.2) is 34.0 Å². The van der Waals surface area contributed by atoms with Crippen LogP contribution in [0.1, 0.15) is 11.1 Å². The highest BCUT2D eigenvalue weighted by Gasteiger charge is 2.16. The number of hydrogen-bond donors (Lipinski definition) is 2. The van der Waals surface area contributed by atoms with Crippen LogP contribution in [0.5, 0.6) is 0 Å². The normalized spacial score (nSPS) is 12.4. The van der Waals surface area contributed by atoms with Crippen molar-refractivity contribution in [2.75, 3.05) is 6.61 Å². The molecule has 0 radical (unpaired) electrons. The summed E-state index contributed by atoms with van der Waals surface area (Å²) in [7, 11) is -7.83. The third kappa shape index (κ3) is 7.86. The van der Waals surface area contributed by atoms with Crippen molar-refractivity contribution in [3.63, 3.8) is 0 Å². The molecule has 1 unspecified atom stereocenters. The molecule has 0 amide bonds. The molecule has 0 saturated heterocycles. The first-order valence-corrected chi connectivity index (χ1v) is 10.5. The molecule has 0 saturated carbocycles. The second-order valence-electron chi connectivity index (χ2n) is 5.58. The van der Waals surface area contributed by atoms with Gasteiger partial charge in [-0.25, -0.2) is 0 Å². The summed E-state index contributed by atoms with van der Waals surface area (Å²) in [6, 6.07) is 13.0. The van der Waals surface area contributed by atoms with Gasteiger partial charge in [-0.1, -0.05) is 35.4 Å². The highest BCUT2D eigenvalue weighted by Crippen LogP contribution is 2.13. The van der Waals surface area contributed by atoms with Crippen molar-refractivity contribution < 1.29 is 25.6 Å². The van der Waals surface area contributed by atoms with Gasteiger partial charge in [0.2, 0.25) is 0 Å². The van der Waals surface area contributed by atoms with Gasteiger partial charge in [-0.3, -0.25) is 8.74 Å². The summed E-state index contributed by atoms with van der Waals surface area (Å²) < 4.78 is 57.3. The molecule has 2 rings (SSSR count). The summed E-state index contributed by atoms with van der Waals surface area (Å²) in [6.45, 7) is 3.35. The van der Waals surface area contributed by atoms with Crippen molar-refractivity contribution >= 4 is 20.2 Å². The first kappa shape index (κ1) is 22.8. The molecule has 0 fully saturated rings. The predicted octanol–water partition coefficient (Wildman–Crippen LogP) is 1.79. The summed E-state index contributed by atoms with van der Waals surface area (Å²) in [5.74, 6) is 0. The lowest BCUT2D eigenvalue weighted by atomic mass is 10.2. The number of aryl methyl sites for hydroxylation is 2. The Labute approximate surface area is 159 Å². The lowest BCUT2D eigenvalue weighted by Gasteiger charge is -2.06. The van der Waals surface area contributed by atoms with Crippen LogP contribution in [0.15, 0.2) is 58.3 Å². The molecule has 10 heteroatoms. The molecule has 0 aromatic heterocycles. The average Bonchev–Trinajstić information content (AvgIpc) is 2.60. The molecule has 8 nitrogen and oxygen atoms in total. The Hall–Kier alpha value is -2.29. The van der Waals surface area contributed by atoms with Gasteiger partial charge in [0.1, 0.15) is 6.04 Å². The second kappa shape index (κ2) is 9.59. The molecule has 2 aromatic carbocycles. The van der Waals surface area contributed by atoms with Gasteiger partial charge >= 0.3 is 0 Å². The third-order valence-electron chi connectivity index (χ3n) is 3.20. The third-order valence-corrected chi connectivity index (χ3v) is 5.36. The molecule has 0 heterocycles. The van der Waals surface area contributed by atoms with Crippen molar-refractivity contribution in [1.29, 1.82) is 5.26 Å². The molecule has 2 aromatic rings. The van der Waals surface area contributed by atoms with E-state index in [1.54, 1.807) is 30.3 Å². The largest absolute Gasteiger partial charge is 0.314 e. The molecule has 1 atom stereocenters. The van der Waals surface area contributed by atoms with E-state index in [9.17, 15) is 16.8 Å². The molecular formula is C17H20N2O6S2. The van der Waals surface area contributed by atoms with Crippen LogP contribution < -0.4 is 5.73 Å². The van der Waals surface area contributed by atoms with Gasteiger partial charge in [-0.05, 0) is 38.1 Å². The van der Waals surface area contributed by atoms with Gasteiger partial charge in [0.25, 0.3) is 20.2 Å². The van der Waals surface area contributed by atoms with Gasteiger partial charge in [0.15, 0.2) is 0 Å². The summed E-state index contributed by atoms with van der Waals surface area (Å²) in [4.78, 5) is -0.00802. The predicted molar refractivity (Wildman–Crippen MR) is 98.9 cm³/mol. The van der Waals surface area contributed by atoms with Crippen molar-refractivity contribution in [2.45, 2.75) is 29.7 Å².